The van der Waals surface area contributed by atoms with Crippen LogP contribution in [0.3, 0.4) is 0 Å². The third-order valence-corrected chi connectivity index (χ3v) is 5.30. The number of nitrogens with one attached hydrogen (secondary N) is 2. The second-order valence-electron chi connectivity index (χ2n) is 5.59. The molecule has 1 atom stereocenters. The van der Waals surface area contributed by atoms with Gasteiger partial charge >= 0.3 is 6.03 Å². The largest absolute Gasteiger partial charge is 0.336 e. The first-order valence-electron chi connectivity index (χ1n) is 7.72. The first-order chi connectivity index (χ1) is 11.6. The van der Waals surface area contributed by atoms with Crippen molar-refractivity contribution in [2.75, 3.05) is 6.54 Å². The molecule has 0 aromatic carbocycles. The highest BCUT2D eigenvalue weighted by Crippen LogP contribution is 2.22. The second kappa shape index (κ2) is 7.63. The summed E-state index contributed by atoms with van der Waals surface area (Å²) in [5, 5.41) is 16.6. The van der Waals surface area contributed by atoms with Gasteiger partial charge in [-0.2, -0.15) is 16.4 Å². The van der Waals surface area contributed by atoms with Crippen molar-refractivity contribution in [1.29, 1.82) is 0 Å². The molecule has 3 rings (SSSR count). The molecular weight excluding hydrogens is 340 g/mol. The Labute approximate surface area is 149 Å². The Bertz CT molecular complexity index is 778. The molecule has 126 valence electrons. The summed E-state index contributed by atoms with van der Waals surface area (Å²) >= 11 is 3.28. The summed E-state index contributed by atoms with van der Waals surface area (Å²) in [5.74, 6) is 0. The van der Waals surface area contributed by atoms with Gasteiger partial charge in [0.15, 0.2) is 0 Å². The van der Waals surface area contributed by atoms with Crippen LogP contribution in [0.25, 0.3) is 0 Å². The molecule has 7 heteroatoms. The average Bonchev–Trinajstić information content (AvgIpc) is 3.29. The molecule has 0 aliphatic carbocycles. The lowest BCUT2D eigenvalue weighted by Crippen LogP contribution is -2.38. The van der Waals surface area contributed by atoms with Crippen LogP contribution in [0.2, 0.25) is 0 Å². The van der Waals surface area contributed by atoms with Crippen LogP contribution in [-0.4, -0.2) is 22.4 Å². The number of carbonyl (C=O) groups excluding carboxylic acids is 1. The Hall–Kier alpha value is -2.12. The molecule has 24 heavy (non-hydrogen) atoms. The fourth-order valence-electron chi connectivity index (χ4n) is 2.60. The van der Waals surface area contributed by atoms with E-state index in [2.05, 4.69) is 33.2 Å². The van der Waals surface area contributed by atoms with Crippen LogP contribution in [0.4, 0.5) is 4.79 Å². The van der Waals surface area contributed by atoms with E-state index in [9.17, 15) is 4.79 Å². The van der Waals surface area contributed by atoms with Crippen molar-refractivity contribution in [2.45, 2.75) is 26.4 Å². The van der Waals surface area contributed by atoms with Gasteiger partial charge in [-0.25, -0.2) is 4.79 Å². The van der Waals surface area contributed by atoms with Crippen LogP contribution >= 0.6 is 22.7 Å². The minimum absolute atomic E-state index is 0.00237. The number of aryl methyl sites for hydroxylation is 2. The minimum Gasteiger partial charge on any atom is -0.336 e. The van der Waals surface area contributed by atoms with Gasteiger partial charge < -0.3 is 10.6 Å². The van der Waals surface area contributed by atoms with E-state index in [1.165, 1.54) is 0 Å². The van der Waals surface area contributed by atoms with Gasteiger partial charge in [0.2, 0.25) is 0 Å². The second-order valence-corrected chi connectivity index (χ2v) is 7.40. The summed E-state index contributed by atoms with van der Waals surface area (Å²) in [6.45, 7) is 5.06. The number of nitrogens with zero attached hydrogens (tertiary/aromatic N) is 2. The standard InChI is InChI=1S/C17H20N4OS2/c1-12-8-13(2)21(20-12)16(14-5-7-23-11-14)10-19-17(22)18-9-15-4-3-6-24-15/h3-8,11,16H,9-10H2,1-2H3,(H2,18,19,22). The van der Waals surface area contributed by atoms with E-state index >= 15 is 0 Å². The fourth-order valence-corrected chi connectivity index (χ4v) is 3.96. The first kappa shape index (κ1) is 16.7. The molecule has 0 bridgehead atoms. The van der Waals surface area contributed by atoms with E-state index in [0.29, 0.717) is 13.1 Å². The molecule has 0 radical (unpaired) electrons. The summed E-state index contributed by atoms with van der Waals surface area (Å²) in [7, 11) is 0. The molecule has 0 fully saturated rings. The molecule has 2 N–H and O–H groups in total. The van der Waals surface area contributed by atoms with Crippen molar-refractivity contribution in [3.63, 3.8) is 0 Å². The van der Waals surface area contributed by atoms with Crippen molar-refractivity contribution in [3.05, 3.63) is 62.2 Å². The molecule has 0 aliphatic rings. The average molecular weight is 361 g/mol. The van der Waals surface area contributed by atoms with Crippen LogP contribution in [0.15, 0.2) is 40.4 Å². The molecule has 5 nitrogen and oxygen atoms in total. The molecule has 3 aromatic rings. The number of rotatable bonds is 6. The van der Waals surface area contributed by atoms with Crippen molar-refractivity contribution >= 4 is 28.7 Å². The van der Waals surface area contributed by atoms with E-state index in [-0.39, 0.29) is 12.1 Å². The van der Waals surface area contributed by atoms with Gasteiger partial charge in [-0.05, 0) is 53.8 Å². The zero-order valence-electron chi connectivity index (χ0n) is 13.7. The third kappa shape index (κ3) is 4.04. The van der Waals surface area contributed by atoms with Crippen LogP contribution in [-0.2, 0) is 6.54 Å². The van der Waals surface area contributed by atoms with Gasteiger partial charge in [0.1, 0.15) is 0 Å². The molecule has 2 amide bonds. The van der Waals surface area contributed by atoms with Crippen LogP contribution < -0.4 is 10.6 Å². The van der Waals surface area contributed by atoms with Gasteiger partial charge in [0.05, 0.1) is 18.3 Å². The Morgan fingerprint density at radius 1 is 1.29 bits per heavy atom. The van der Waals surface area contributed by atoms with E-state index in [1.54, 1.807) is 22.7 Å². The first-order valence-corrected chi connectivity index (χ1v) is 9.54. The number of aromatic nitrogens is 2. The Morgan fingerprint density at radius 3 is 2.79 bits per heavy atom. The van der Waals surface area contributed by atoms with Crippen molar-refractivity contribution < 1.29 is 4.79 Å². The maximum absolute atomic E-state index is 12.1. The highest BCUT2D eigenvalue weighted by atomic mass is 32.1. The van der Waals surface area contributed by atoms with Gasteiger partial charge in [-0.15, -0.1) is 11.3 Å². The predicted molar refractivity (Wildman–Crippen MR) is 98.7 cm³/mol. The zero-order valence-corrected chi connectivity index (χ0v) is 15.3. The lowest BCUT2D eigenvalue weighted by molar-refractivity contribution is 0.239. The van der Waals surface area contributed by atoms with E-state index in [1.807, 2.05) is 41.4 Å². The molecular formula is C17H20N4OS2. The summed E-state index contributed by atoms with van der Waals surface area (Å²) in [4.78, 5) is 13.2. The minimum atomic E-state index is -0.162. The molecule has 0 saturated carbocycles. The highest BCUT2D eigenvalue weighted by molar-refractivity contribution is 7.09. The predicted octanol–water partition coefficient (Wildman–Crippen LogP) is 3.71. The Balaban J connectivity index is 1.64. The lowest BCUT2D eigenvalue weighted by Gasteiger charge is -2.19. The number of thiophene rings is 2. The van der Waals surface area contributed by atoms with Crippen molar-refractivity contribution in [1.82, 2.24) is 20.4 Å². The molecule has 3 heterocycles. The monoisotopic (exact) mass is 360 g/mol. The quantitative estimate of drug-likeness (QED) is 0.704. The van der Waals surface area contributed by atoms with Gasteiger partial charge in [-0.3, -0.25) is 4.68 Å². The van der Waals surface area contributed by atoms with E-state index in [0.717, 1.165) is 21.8 Å². The zero-order chi connectivity index (χ0) is 16.9. The number of hydrogen-bond acceptors (Lipinski definition) is 4. The van der Waals surface area contributed by atoms with Crippen molar-refractivity contribution in [3.8, 4) is 0 Å². The SMILES string of the molecule is Cc1cc(C)n(C(CNC(=O)NCc2cccs2)c2ccsc2)n1. The number of amides is 2. The Morgan fingerprint density at radius 2 is 2.17 bits per heavy atom. The van der Waals surface area contributed by atoms with E-state index < -0.39 is 0 Å². The van der Waals surface area contributed by atoms with Gasteiger partial charge in [0, 0.05) is 17.1 Å². The third-order valence-electron chi connectivity index (χ3n) is 3.73. The maximum Gasteiger partial charge on any atom is 0.315 e. The van der Waals surface area contributed by atoms with E-state index in [4.69, 9.17) is 0 Å². The number of carbonyl (C=O) groups is 1. The van der Waals surface area contributed by atoms with Gasteiger partial charge in [0.25, 0.3) is 0 Å². The van der Waals surface area contributed by atoms with Crippen LogP contribution in [0.1, 0.15) is 27.9 Å². The smallest absolute Gasteiger partial charge is 0.315 e. The summed E-state index contributed by atoms with van der Waals surface area (Å²) in [5.41, 5.74) is 3.23. The molecule has 1 unspecified atom stereocenters. The number of urea groups is 1. The summed E-state index contributed by atoms with van der Waals surface area (Å²) in [6.07, 6.45) is 0. The fraction of sp³-hybridized carbons (Fsp3) is 0.294. The molecule has 0 aliphatic heterocycles. The van der Waals surface area contributed by atoms with Crippen molar-refractivity contribution in [2.24, 2.45) is 0 Å². The maximum atomic E-state index is 12.1. The normalized spacial score (nSPS) is 12.1. The van der Waals surface area contributed by atoms with Crippen LogP contribution in [0, 0.1) is 13.8 Å². The van der Waals surface area contributed by atoms with Crippen LogP contribution in [0.5, 0.6) is 0 Å². The van der Waals surface area contributed by atoms with Gasteiger partial charge in [-0.1, -0.05) is 6.07 Å². The lowest BCUT2D eigenvalue weighted by atomic mass is 10.1. The Kier molecular flexibility index (Phi) is 5.32. The number of hydrogen-bond donors (Lipinski definition) is 2. The summed E-state index contributed by atoms with van der Waals surface area (Å²) < 4.78 is 1.98. The highest BCUT2D eigenvalue weighted by Gasteiger charge is 2.18. The molecule has 0 saturated heterocycles. The topological polar surface area (TPSA) is 59.0 Å². The molecule has 0 spiro atoms. The molecule has 3 aromatic heterocycles. The summed E-state index contributed by atoms with van der Waals surface area (Å²) in [6, 6.07) is 7.96.